The largest absolute Gasteiger partial charge is 0.573 e. The Morgan fingerprint density at radius 1 is 1.19 bits per heavy atom. The van der Waals surface area contributed by atoms with Gasteiger partial charge in [0.25, 0.3) is 0 Å². The van der Waals surface area contributed by atoms with Crippen molar-refractivity contribution in [2.75, 3.05) is 0 Å². The monoisotopic (exact) mass is 306 g/mol. The molecule has 0 aliphatic heterocycles. The summed E-state index contributed by atoms with van der Waals surface area (Å²) in [6, 6.07) is 3.32. The predicted molar refractivity (Wildman–Crippen MR) is 47.5 cm³/mol. The van der Waals surface area contributed by atoms with E-state index in [1.165, 1.54) is 12.1 Å². The van der Waals surface area contributed by atoms with Crippen LogP contribution in [0.1, 0.15) is 0 Å². The van der Waals surface area contributed by atoms with Crippen LogP contribution in [0.5, 0.6) is 11.5 Å². The highest BCUT2D eigenvalue weighted by Gasteiger charge is 2.33. The molecule has 0 spiro atoms. The van der Waals surface area contributed by atoms with Gasteiger partial charge in [-0.1, -0.05) is 6.07 Å². The van der Waals surface area contributed by atoms with Crippen LogP contribution >= 0.6 is 15.9 Å². The zero-order valence-electron chi connectivity index (χ0n) is 7.39. The Hall–Kier alpha value is -1.05. The smallest absolute Gasteiger partial charge is 0.430 e. The molecule has 2 nitrogen and oxygen atoms in total. The lowest BCUT2D eigenvalue weighted by atomic mass is 10.3. The van der Waals surface area contributed by atoms with E-state index in [-0.39, 0.29) is 4.47 Å². The van der Waals surface area contributed by atoms with E-state index < -0.39 is 24.5 Å². The molecule has 0 aliphatic rings. The number of rotatable bonds is 3. The fourth-order valence-corrected chi connectivity index (χ4v) is 1.34. The number of para-hydroxylation sites is 1. The van der Waals surface area contributed by atoms with E-state index in [1.807, 2.05) is 0 Å². The van der Waals surface area contributed by atoms with Crippen molar-refractivity contribution in [1.82, 2.24) is 0 Å². The topological polar surface area (TPSA) is 18.5 Å². The number of ether oxygens (including phenoxy) is 2. The molecule has 1 aromatic carbocycles. The Bertz CT molecular complexity index is 366. The van der Waals surface area contributed by atoms with Gasteiger partial charge in [-0.05, 0) is 28.1 Å². The lowest BCUT2D eigenvalue weighted by Crippen LogP contribution is -2.18. The maximum atomic E-state index is 11.9. The van der Waals surface area contributed by atoms with Crippen LogP contribution in [0.15, 0.2) is 22.7 Å². The van der Waals surface area contributed by atoms with Crippen LogP contribution in [-0.4, -0.2) is 13.0 Å². The molecule has 16 heavy (non-hydrogen) atoms. The van der Waals surface area contributed by atoms with E-state index in [0.29, 0.717) is 0 Å². The zero-order chi connectivity index (χ0) is 12.3. The maximum absolute atomic E-state index is 11.9. The van der Waals surface area contributed by atoms with Gasteiger partial charge in [-0.25, -0.2) is 0 Å². The van der Waals surface area contributed by atoms with E-state index in [4.69, 9.17) is 0 Å². The Kier molecular flexibility index (Phi) is 3.95. The molecule has 0 heterocycles. The molecular weight excluding hydrogens is 303 g/mol. The SMILES string of the molecule is FC(F)Oc1c(Br)cccc1OC(F)(F)F. The first kappa shape index (κ1) is 13.0. The summed E-state index contributed by atoms with van der Waals surface area (Å²) in [5.41, 5.74) is 0. The molecule has 90 valence electrons. The Labute approximate surface area is 95.1 Å². The Morgan fingerprint density at radius 2 is 1.81 bits per heavy atom. The van der Waals surface area contributed by atoms with Gasteiger partial charge in [0.05, 0.1) is 4.47 Å². The van der Waals surface area contributed by atoms with Gasteiger partial charge in [-0.3, -0.25) is 0 Å². The second-order valence-electron chi connectivity index (χ2n) is 2.49. The fourth-order valence-electron chi connectivity index (χ4n) is 0.898. The van der Waals surface area contributed by atoms with Gasteiger partial charge in [-0.15, -0.1) is 13.2 Å². The number of alkyl halides is 5. The van der Waals surface area contributed by atoms with Crippen molar-refractivity contribution in [3.8, 4) is 11.5 Å². The third-order valence-electron chi connectivity index (χ3n) is 1.36. The molecule has 1 aromatic rings. The predicted octanol–water partition coefficient (Wildman–Crippen LogP) is 3.95. The molecule has 1 rings (SSSR count). The van der Waals surface area contributed by atoms with Gasteiger partial charge in [0.2, 0.25) is 0 Å². The lowest BCUT2D eigenvalue weighted by Gasteiger charge is -2.14. The molecule has 8 heteroatoms. The van der Waals surface area contributed by atoms with Crippen molar-refractivity contribution < 1.29 is 31.4 Å². The van der Waals surface area contributed by atoms with Crippen molar-refractivity contribution in [3.05, 3.63) is 22.7 Å². The Morgan fingerprint density at radius 3 is 2.31 bits per heavy atom. The molecule has 0 aliphatic carbocycles. The van der Waals surface area contributed by atoms with Crippen LogP contribution in [0.3, 0.4) is 0 Å². The first-order valence-electron chi connectivity index (χ1n) is 3.78. The highest BCUT2D eigenvalue weighted by Crippen LogP contribution is 2.38. The number of halogens is 6. The molecule has 0 unspecified atom stereocenters. The average molecular weight is 307 g/mol. The van der Waals surface area contributed by atoms with Crippen molar-refractivity contribution in [2.45, 2.75) is 13.0 Å². The quantitative estimate of drug-likeness (QED) is 0.787. The summed E-state index contributed by atoms with van der Waals surface area (Å²) in [4.78, 5) is 0. The molecule has 0 aromatic heterocycles. The molecule has 0 fully saturated rings. The molecule has 0 amide bonds. The van der Waals surface area contributed by atoms with Gasteiger partial charge in [0.1, 0.15) is 0 Å². The molecule has 0 atom stereocenters. The van der Waals surface area contributed by atoms with Crippen LogP contribution in [0.25, 0.3) is 0 Å². The van der Waals surface area contributed by atoms with Gasteiger partial charge in [0.15, 0.2) is 11.5 Å². The van der Waals surface area contributed by atoms with Crippen molar-refractivity contribution >= 4 is 15.9 Å². The molecular formula is C8H4BrF5O2. The first-order valence-corrected chi connectivity index (χ1v) is 4.58. The van der Waals surface area contributed by atoms with Crippen LogP contribution in [0, 0.1) is 0 Å². The second-order valence-corrected chi connectivity index (χ2v) is 3.35. The van der Waals surface area contributed by atoms with Gasteiger partial charge < -0.3 is 9.47 Å². The van der Waals surface area contributed by atoms with Crippen molar-refractivity contribution in [1.29, 1.82) is 0 Å². The fraction of sp³-hybridized carbons (Fsp3) is 0.250. The van der Waals surface area contributed by atoms with Crippen LogP contribution in [0.2, 0.25) is 0 Å². The summed E-state index contributed by atoms with van der Waals surface area (Å²) in [5, 5.41) is 0. The molecule has 0 N–H and O–H groups in total. The van der Waals surface area contributed by atoms with E-state index in [1.54, 1.807) is 0 Å². The van der Waals surface area contributed by atoms with E-state index in [9.17, 15) is 22.0 Å². The first-order chi connectivity index (χ1) is 7.29. The standard InChI is InChI=1S/C8H4BrF5O2/c9-4-2-1-3-5(16-8(12,13)14)6(4)15-7(10)11/h1-3,7H. The van der Waals surface area contributed by atoms with Crippen LogP contribution in [-0.2, 0) is 0 Å². The van der Waals surface area contributed by atoms with E-state index >= 15 is 0 Å². The molecule has 0 saturated heterocycles. The van der Waals surface area contributed by atoms with Gasteiger partial charge in [0, 0.05) is 0 Å². The number of benzene rings is 1. The number of hydrogen-bond acceptors (Lipinski definition) is 2. The van der Waals surface area contributed by atoms with Crippen molar-refractivity contribution in [3.63, 3.8) is 0 Å². The third-order valence-corrected chi connectivity index (χ3v) is 1.99. The summed E-state index contributed by atoms with van der Waals surface area (Å²) in [6.45, 7) is -3.24. The summed E-state index contributed by atoms with van der Waals surface area (Å²) in [6.07, 6.45) is -4.97. The highest BCUT2D eigenvalue weighted by molar-refractivity contribution is 9.10. The normalized spacial score (nSPS) is 11.7. The Balaban J connectivity index is 3.03. The summed E-state index contributed by atoms with van der Waals surface area (Å²) < 4.78 is 67.0. The second kappa shape index (κ2) is 4.86. The summed E-state index contributed by atoms with van der Waals surface area (Å²) in [5.74, 6) is -1.53. The maximum Gasteiger partial charge on any atom is 0.573 e. The summed E-state index contributed by atoms with van der Waals surface area (Å²) in [7, 11) is 0. The molecule has 0 bridgehead atoms. The lowest BCUT2D eigenvalue weighted by molar-refractivity contribution is -0.275. The van der Waals surface area contributed by atoms with Gasteiger partial charge in [-0.2, -0.15) is 8.78 Å². The minimum absolute atomic E-state index is 0.0606. The molecule has 0 radical (unpaired) electrons. The van der Waals surface area contributed by atoms with Crippen LogP contribution in [0.4, 0.5) is 22.0 Å². The van der Waals surface area contributed by atoms with Gasteiger partial charge >= 0.3 is 13.0 Å². The number of hydrogen-bond donors (Lipinski definition) is 0. The minimum Gasteiger partial charge on any atom is -0.430 e. The third kappa shape index (κ3) is 3.84. The highest BCUT2D eigenvalue weighted by atomic mass is 79.9. The van der Waals surface area contributed by atoms with Crippen molar-refractivity contribution in [2.24, 2.45) is 0 Å². The van der Waals surface area contributed by atoms with Crippen LogP contribution < -0.4 is 9.47 Å². The summed E-state index contributed by atoms with van der Waals surface area (Å²) >= 11 is 2.78. The van der Waals surface area contributed by atoms with E-state index in [0.717, 1.165) is 6.07 Å². The minimum atomic E-state index is -4.97. The molecule has 0 saturated carbocycles. The van der Waals surface area contributed by atoms with E-state index in [2.05, 4.69) is 25.4 Å². The zero-order valence-corrected chi connectivity index (χ0v) is 8.98. The average Bonchev–Trinajstić information content (AvgIpc) is 2.08.